The Morgan fingerprint density at radius 1 is 1.29 bits per heavy atom. The number of nitrogens with zero attached hydrogens (tertiary/aromatic N) is 1. The van der Waals surface area contributed by atoms with Gasteiger partial charge in [0.15, 0.2) is 0 Å². The van der Waals surface area contributed by atoms with Gasteiger partial charge in [-0.25, -0.2) is 0 Å². The number of hydrogen-bond donors (Lipinski definition) is 2. The molecule has 3 rings (SSSR count). The van der Waals surface area contributed by atoms with Crippen molar-refractivity contribution in [3.05, 3.63) is 71.3 Å². The summed E-state index contributed by atoms with van der Waals surface area (Å²) in [5.41, 5.74) is 3.76. The Morgan fingerprint density at radius 2 is 2.11 bits per heavy atom. The van der Waals surface area contributed by atoms with Gasteiger partial charge in [-0.05, 0) is 57.7 Å². The van der Waals surface area contributed by atoms with Crippen molar-refractivity contribution in [1.82, 2.24) is 4.90 Å². The fourth-order valence-electron chi connectivity index (χ4n) is 4.64. The van der Waals surface area contributed by atoms with E-state index in [4.69, 9.17) is 0 Å². The van der Waals surface area contributed by atoms with Crippen molar-refractivity contribution in [2.75, 3.05) is 20.6 Å². The van der Waals surface area contributed by atoms with Gasteiger partial charge in [-0.2, -0.15) is 0 Å². The van der Waals surface area contributed by atoms with Crippen LogP contribution < -0.4 is 0 Å². The summed E-state index contributed by atoms with van der Waals surface area (Å²) in [7, 11) is 4.19. The lowest BCUT2D eigenvalue weighted by Gasteiger charge is -2.18. The molecule has 0 unspecified atom stereocenters. The highest BCUT2D eigenvalue weighted by atomic mass is 16.3. The second-order valence-electron chi connectivity index (χ2n) is 8.79. The van der Waals surface area contributed by atoms with E-state index >= 15 is 0 Å². The van der Waals surface area contributed by atoms with Crippen LogP contribution >= 0.6 is 0 Å². The Balaban J connectivity index is 1.54. The lowest BCUT2D eigenvalue weighted by Crippen LogP contribution is -2.18. The van der Waals surface area contributed by atoms with Gasteiger partial charge in [-0.3, -0.25) is 0 Å². The highest BCUT2D eigenvalue weighted by molar-refractivity contribution is 5.29. The van der Waals surface area contributed by atoms with E-state index in [0.29, 0.717) is 18.3 Å². The van der Waals surface area contributed by atoms with Gasteiger partial charge >= 0.3 is 0 Å². The number of aliphatic hydroxyl groups excluding tert-OH is 2. The molecule has 0 aromatic heterocycles. The molecule has 0 bridgehead atoms. The zero-order valence-electron chi connectivity index (χ0n) is 17.5. The van der Waals surface area contributed by atoms with Crippen LogP contribution in [0.4, 0.5) is 0 Å². The Morgan fingerprint density at radius 3 is 2.86 bits per heavy atom. The Bertz CT molecular complexity index is 734. The third-order valence-corrected chi connectivity index (χ3v) is 6.06. The lowest BCUT2D eigenvalue weighted by molar-refractivity contribution is 0.140. The molecule has 28 heavy (non-hydrogen) atoms. The van der Waals surface area contributed by atoms with E-state index < -0.39 is 6.10 Å². The van der Waals surface area contributed by atoms with Crippen LogP contribution in [0, 0.1) is 24.7 Å². The zero-order valence-corrected chi connectivity index (χ0v) is 17.5. The van der Waals surface area contributed by atoms with Crippen molar-refractivity contribution in [3.8, 4) is 0 Å². The van der Waals surface area contributed by atoms with E-state index in [1.165, 1.54) is 11.1 Å². The Labute approximate surface area is 170 Å². The van der Waals surface area contributed by atoms with Crippen LogP contribution in [0.1, 0.15) is 30.4 Å². The molecule has 1 fully saturated rings. The van der Waals surface area contributed by atoms with Crippen molar-refractivity contribution >= 4 is 0 Å². The minimum Gasteiger partial charge on any atom is -0.392 e. The maximum atomic E-state index is 10.5. The van der Waals surface area contributed by atoms with Gasteiger partial charge in [0, 0.05) is 18.9 Å². The molecule has 0 heterocycles. The van der Waals surface area contributed by atoms with Gasteiger partial charge in [0.25, 0.3) is 0 Å². The molecule has 3 nitrogen and oxygen atoms in total. The van der Waals surface area contributed by atoms with Crippen molar-refractivity contribution < 1.29 is 10.2 Å². The summed E-state index contributed by atoms with van der Waals surface area (Å²) < 4.78 is 0. The fraction of sp³-hybridized carbons (Fsp3) is 0.520. The number of allylic oxidation sites excluding steroid dienone is 3. The highest BCUT2D eigenvalue weighted by Crippen LogP contribution is 2.47. The topological polar surface area (TPSA) is 43.7 Å². The summed E-state index contributed by atoms with van der Waals surface area (Å²) >= 11 is 0. The SMILES string of the molecule is Cc1cccc(C[C@H](O)C=C[C@@H]2[C@H]3CC(C=CCCN(C)C)=C[C@H]3C[C@H]2O)c1. The van der Waals surface area contributed by atoms with Crippen LogP contribution in [0.5, 0.6) is 0 Å². The largest absolute Gasteiger partial charge is 0.392 e. The molecule has 3 heteroatoms. The number of rotatable bonds is 8. The summed E-state index contributed by atoms with van der Waals surface area (Å²) in [4.78, 5) is 2.20. The number of aliphatic hydroxyl groups is 2. The van der Waals surface area contributed by atoms with Gasteiger partial charge in [0.1, 0.15) is 0 Å². The van der Waals surface area contributed by atoms with Crippen molar-refractivity contribution in [2.45, 2.75) is 44.8 Å². The van der Waals surface area contributed by atoms with Crippen LogP contribution in [-0.2, 0) is 6.42 Å². The first kappa shape index (κ1) is 21.0. The van der Waals surface area contributed by atoms with Crippen LogP contribution in [0.3, 0.4) is 0 Å². The van der Waals surface area contributed by atoms with Crippen molar-refractivity contribution in [3.63, 3.8) is 0 Å². The van der Waals surface area contributed by atoms with Crippen LogP contribution in [-0.4, -0.2) is 48.0 Å². The Hall–Kier alpha value is -1.68. The maximum Gasteiger partial charge on any atom is 0.0761 e. The number of benzene rings is 1. The molecular formula is C25H35NO2. The quantitative estimate of drug-likeness (QED) is 0.671. The standard InChI is InChI=1S/C25H35NO2/c1-18-7-6-9-19(13-18)15-22(27)10-11-23-24-16-20(8-4-5-12-26(2)3)14-21(24)17-25(23)28/h4,6-11,13-14,21-25,27-28H,5,12,15-17H2,1-3H3/t21-,22+,23+,24-,25+/m0/s1. The first-order chi connectivity index (χ1) is 13.4. The minimum atomic E-state index is -0.507. The van der Waals surface area contributed by atoms with E-state index in [-0.39, 0.29) is 12.0 Å². The molecule has 0 amide bonds. The normalized spacial score (nSPS) is 28.4. The van der Waals surface area contributed by atoms with Gasteiger partial charge in [0.05, 0.1) is 12.2 Å². The number of hydrogen-bond acceptors (Lipinski definition) is 3. The number of aryl methyl sites for hydroxylation is 1. The highest BCUT2D eigenvalue weighted by Gasteiger charge is 2.42. The van der Waals surface area contributed by atoms with Crippen LogP contribution in [0.15, 0.2) is 60.2 Å². The monoisotopic (exact) mass is 381 g/mol. The molecule has 0 radical (unpaired) electrons. The van der Waals surface area contributed by atoms with Crippen molar-refractivity contribution in [1.29, 1.82) is 0 Å². The molecule has 0 saturated heterocycles. The molecule has 1 saturated carbocycles. The number of fused-ring (bicyclic) bond motifs is 1. The fourth-order valence-corrected chi connectivity index (χ4v) is 4.64. The van der Waals surface area contributed by atoms with E-state index in [9.17, 15) is 10.2 Å². The maximum absolute atomic E-state index is 10.5. The van der Waals surface area contributed by atoms with Gasteiger partial charge in [0.2, 0.25) is 0 Å². The summed E-state index contributed by atoms with van der Waals surface area (Å²) in [6, 6.07) is 8.28. The van der Waals surface area contributed by atoms with Gasteiger partial charge in [-0.15, -0.1) is 0 Å². The van der Waals surface area contributed by atoms with E-state index in [2.05, 4.69) is 68.4 Å². The molecular weight excluding hydrogens is 346 g/mol. The van der Waals surface area contributed by atoms with Crippen molar-refractivity contribution in [2.24, 2.45) is 17.8 Å². The molecule has 1 aromatic carbocycles. The average molecular weight is 382 g/mol. The van der Waals surface area contributed by atoms with Gasteiger partial charge < -0.3 is 15.1 Å². The smallest absolute Gasteiger partial charge is 0.0761 e. The predicted molar refractivity (Wildman–Crippen MR) is 116 cm³/mol. The second kappa shape index (κ2) is 9.69. The summed E-state index contributed by atoms with van der Waals surface area (Å²) in [6.45, 7) is 3.14. The molecule has 0 aliphatic heterocycles. The summed E-state index contributed by atoms with van der Waals surface area (Å²) in [6.07, 6.45) is 13.6. The average Bonchev–Trinajstić information content (AvgIpc) is 3.13. The summed E-state index contributed by atoms with van der Waals surface area (Å²) in [5.74, 6) is 1.07. The molecule has 5 atom stereocenters. The molecule has 152 valence electrons. The lowest BCUT2D eigenvalue weighted by atomic mass is 9.89. The first-order valence-electron chi connectivity index (χ1n) is 10.5. The Kier molecular flexibility index (Phi) is 7.28. The van der Waals surface area contributed by atoms with E-state index in [0.717, 1.165) is 31.4 Å². The third-order valence-electron chi connectivity index (χ3n) is 6.06. The summed E-state index contributed by atoms with van der Waals surface area (Å²) in [5, 5.41) is 20.9. The van der Waals surface area contributed by atoms with E-state index in [1.807, 2.05) is 12.1 Å². The minimum absolute atomic E-state index is 0.140. The van der Waals surface area contributed by atoms with Crippen LogP contribution in [0.2, 0.25) is 0 Å². The third kappa shape index (κ3) is 5.66. The zero-order chi connectivity index (χ0) is 20.1. The first-order valence-corrected chi connectivity index (χ1v) is 10.5. The molecule has 1 aromatic rings. The second-order valence-corrected chi connectivity index (χ2v) is 8.79. The van der Waals surface area contributed by atoms with Crippen LogP contribution in [0.25, 0.3) is 0 Å². The molecule has 2 aliphatic rings. The molecule has 2 N–H and O–H groups in total. The predicted octanol–water partition coefficient (Wildman–Crippen LogP) is 3.91. The molecule has 2 aliphatic carbocycles. The van der Waals surface area contributed by atoms with E-state index in [1.54, 1.807) is 0 Å². The van der Waals surface area contributed by atoms with Gasteiger partial charge in [-0.1, -0.05) is 65.8 Å². The molecule has 0 spiro atoms.